The van der Waals surface area contributed by atoms with Gasteiger partial charge in [-0.05, 0) is 72.1 Å². The third kappa shape index (κ3) is 5.40. The molecule has 0 spiro atoms. The molecule has 35 heavy (non-hydrogen) atoms. The molecule has 3 aromatic rings. The maximum atomic E-state index is 13.5. The Morgan fingerprint density at radius 3 is 2.37 bits per heavy atom. The molecule has 1 aliphatic heterocycles. The van der Waals surface area contributed by atoms with Crippen molar-refractivity contribution in [3.63, 3.8) is 0 Å². The predicted molar refractivity (Wildman–Crippen MR) is 128 cm³/mol. The molecule has 0 radical (unpaired) electrons. The van der Waals surface area contributed by atoms with Crippen LogP contribution in [0.3, 0.4) is 0 Å². The number of nitrogens with zero attached hydrogens (tertiary/aromatic N) is 1. The fraction of sp³-hybridized carbons (Fsp3) is 0.269. The SMILES string of the molecule is COc1cc2c(cc1OC)C(COc1cccc(C(F)(F)F)c1)N(C(=O)c1ccc(Br)cc1)CC2. The van der Waals surface area contributed by atoms with E-state index in [1.54, 1.807) is 42.3 Å². The van der Waals surface area contributed by atoms with Crippen LogP contribution < -0.4 is 14.2 Å². The standard InChI is InChI=1S/C26H23BrF3NO4/c1-33-23-12-17-10-11-31(25(32)16-6-8-19(27)9-7-16)22(21(17)14-24(23)34-2)15-35-20-5-3-4-18(13-20)26(28,29)30/h3-9,12-14,22H,10-11,15H2,1-2H3. The summed E-state index contributed by atoms with van der Waals surface area (Å²) in [6.45, 7) is 0.375. The zero-order chi connectivity index (χ0) is 25.2. The van der Waals surface area contributed by atoms with Gasteiger partial charge in [0.2, 0.25) is 0 Å². The molecule has 1 heterocycles. The van der Waals surface area contributed by atoms with E-state index in [9.17, 15) is 18.0 Å². The van der Waals surface area contributed by atoms with E-state index in [4.69, 9.17) is 14.2 Å². The lowest BCUT2D eigenvalue weighted by molar-refractivity contribution is -0.137. The topological polar surface area (TPSA) is 48.0 Å². The fourth-order valence-electron chi connectivity index (χ4n) is 4.15. The number of ether oxygens (including phenoxy) is 3. The van der Waals surface area contributed by atoms with Crippen molar-refractivity contribution in [3.8, 4) is 17.2 Å². The van der Waals surface area contributed by atoms with Crippen LogP contribution in [-0.2, 0) is 12.6 Å². The van der Waals surface area contributed by atoms with E-state index >= 15 is 0 Å². The Labute approximate surface area is 209 Å². The molecule has 0 saturated carbocycles. The summed E-state index contributed by atoms with van der Waals surface area (Å²) in [5.74, 6) is 0.934. The van der Waals surface area contributed by atoms with Crippen LogP contribution in [0.1, 0.15) is 33.1 Å². The Bertz CT molecular complexity index is 1210. The summed E-state index contributed by atoms with van der Waals surface area (Å²) >= 11 is 3.37. The first-order chi connectivity index (χ1) is 16.7. The summed E-state index contributed by atoms with van der Waals surface area (Å²) in [5, 5.41) is 0. The highest BCUT2D eigenvalue weighted by Gasteiger charge is 2.34. The molecule has 1 atom stereocenters. The number of alkyl halides is 3. The number of benzene rings is 3. The van der Waals surface area contributed by atoms with Crippen LogP contribution in [0.15, 0.2) is 65.1 Å². The van der Waals surface area contributed by atoms with E-state index in [-0.39, 0.29) is 18.3 Å². The molecule has 184 valence electrons. The Morgan fingerprint density at radius 2 is 1.71 bits per heavy atom. The van der Waals surface area contributed by atoms with E-state index in [1.165, 1.54) is 19.2 Å². The molecule has 5 nitrogen and oxygen atoms in total. The minimum Gasteiger partial charge on any atom is -0.493 e. The van der Waals surface area contributed by atoms with Crippen molar-refractivity contribution in [2.24, 2.45) is 0 Å². The highest BCUT2D eigenvalue weighted by molar-refractivity contribution is 9.10. The van der Waals surface area contributed by atoms with Gasteiger partial charge in [-0.3, -0.25) is 4.79 Å². The Morgan fingerprint density at radius 1 is 1.03 bits per heavy atom. The molecule has 0 aromatic heterocycles. The maximum absolute atomic E-state index is 13.5. The normalized spacial score (nSPS) is 15.4. The van der Waals surface area contributed by atoms with Crippen molar-refractivity contribution in [2.45, 2.75) is 18.6 Å². The second-order valence-corrected chi connectivity index (χ2v) is 8.93. The van der Waals surface area contributed by atoms with Gasteiger partial charge in [0.25, 0.3) is 5.91 Å². The number of fused-ring (bicyclic) bond motifs is 1. The van der Waals surface area contributed by atoms with Crippen LogP contribution in [0, 0.1) is 0 Å². The molecular formula is C26H23BrF3NO4. The molecule has 1 unspecified atom stereocenters. The Balaban J connectivity index is 1.69. The number of rotatable bonds is 6. The molecule has 0 fully saturated rings. The van der Waals surface area contributed by atoms with Crippen LogP contribution in [0.25, 0.3) is 0 Å². The van der Waals surface area contributed by atoms with Crippen molar-refractivity contribution < 1.29 is 32.2 Å². The molecule has 3 aromatic carbocycles. The first kappa shape index (κ1) is 24.9. The van der Waals surface area contributed by atoms with E-state index in [2.05, 4.69) is 15.9 Å². The number of amides is 1. The first-order valence-corrected chi connectivity index (χ1v) is 11.6. The van der Waals surface area contributed by atoms with Crippen molar-refractivity contribution >= 4 is 21.8 Å². The Kier molecular flexibility index (Phi) is 7.25. The van der Waals surface area contributed by atoms with Crippen molar-refractivity contribution in [1.82, 2.24) is 4.90 Å². The smallest absolute Gasteiger partial charge is 0.416 e. The van der Waals surface area contributed by atoms with Crippen molar-refractivity contribution in [3.05, 3.63) is 87.4 Å². The second kappa shape index (κ2) is 10.2. The number of hydrogen-bond acceptors (Lipinski definition) is 4. The van der Waals surface area contributed by atoms with Crippen LogP contribution in [0.4, 0.5) is 13.2 Å². The first-order valence-electron chi connectivity index (χ1n) is 10.8. The minimum atomic E-state index is -4.48. The zero-order valence-corrected chi connectivity index (χ0v) is 20.7. The predicted octanol–water partition coefficient (Wildman–Crippen LogP) is 6.30. The number of carbonyl (C=O) groups is 1. The van der Waals surface area contributed by atoms with Gasteiger partial charge in [0.15, 0.2) is 11.5 Å². The quantitative estimate of drug-likeness (QED) is 0.362. The van der Waals surface area contributed by atoms with E-state index < -0.39 is 17.8 Å². The third-order valence-electron chi connectivity index (χ3n) is 5.92. The van der Waals surface area contributed by atoms with E-state index in [0.29, 0.717) is 30.0 Å². The average molecular weight is 550 g/mol. The van der Waals surface area contributed by atoms with Crippen LogP contribution in [0.5, 0.6) is 17.2 Å². The van der Waals surface area contributed by atoms with Gasteiger partial charge in [-0.25, -0.2) is 0 Å². The molecule has 9 heteroatoms. The largest absolute Gasteiger partial charge is 0.493 e. The Hall–Kier alpha value is -3.20. The number of halogens is 4. The lowest BCUT2D eigenvalue weighted by atomic mass is 9.91. The monoisotopic (exact) mass is 549 g/mol. The van der Waals surface area contributed by atoms with Gasteiger partial charge in [0.05, 0.1) is 25.8 Å². The number of hydrogen-bond donors (Lipinski definition) is 0. The summed E-state index contributed by atoms with van der Waals surface area (Å²) in [7, 11) is 3.07. The van der Waals surface area contributed by atoms with Crippen LogP contribution in [-0.4, -0.2) is 38.2 Å². The fourth-order valence-corrected chi connectivity index (χ4v) is 4.41. The highest BCUT2D eigenvalue weighted by Crippen LogP contribution is 2.39. The summed E-state index contributed by atoms with van der Waals surface area (Å²) in [5.41, 5.74) is 1.46. The van der Waals surface area contributed by atoms with Gasteiger partial charge in [0, 0.05) is 16.6 Å². The molecule has 0 saturated heterocycles. The van der Waals surface area contributed by atoms with Gasteiger partial charge in [-0.1, -0.05) is 22.0 Å². The molecule has 4 rings (SSSR count). The van der Waals surface area contributed by atoms with Crippen molar-refractivity contribution in [2.75, 3.05) is 27.4 Å². The molecule has 0 bridgehead atoms. The van der Waals surface area contributed by atoms with Gasteiger partial charge >= 0.3 is 6.18 Å². The minimum absolute atomic E-state index is 0.0357. The molecule has 0 N–H and O–H groups in total. The van der Waals surface area contributed by atoms with Crippen LogP contribution in [0.2, 0.25) is 0 Å². The second-order valence-electron chi connectivity index (χ2n) is 8.01. The maximum Gasteiger partial charge on any atom is 0.416 e. The molecule has 1 aliphatic rings. The third-order valence-corrected chi connectivity index (χ3v) is 6.45. The lowest BCUT2D eigenvalue weighted by Gasteiger charge is -2.37. The summed E-state index contributed by atoms with van der Waals surface area (Å²) in [6.07, 6.45) is -3.90. The average Bonchev–Trinajstić information content (AvgIpc) is 2.86. The van der Waals surface area contributed by atoms with Gasteiger partial charge in [-0.15, -0.1) is 0 Å². The van der Waals surface area contributed by atoms with Gasteiger partial charge in [-0.2, -0.15) is 13.2 Å². The number of methoxy groups -OCH3 is 2. The van der Waals surface area contributed by atoms with Crippen molar-refractivity contribution in [1.29, 1.82) is 0 Å². The summed E-state index contributed by atoms with van der Waals surface area (Å²) in [6, 6.07) is 14.8. The zero-order valence-electron chi connectivity index (χ0n) is 19.1. The molecule has 1 amide bonds. The van der Waals surface area contributed by atoms with Crippen LogP contribution >= 0.6 is 15.9 Å². The highest BCUT2D eigenvalue weighted by atomic mass is 79.9. The van der Waals surface area contributed by atoms with Gasteiger partial charge in [0.1, 0.15) is 12.4 Å². The summed E-state index contributed by atoms with van der Waals surface area (Å²) < 4.78 is 57.0. The summed E-state index contributed by atoms with van der Waals surface area (Å²) in [4.78, 5) is 15.1. The van der Waals surface area contributed by atoms with Gasteiger partial charge < -0.3 is 19.1 Å². The van der Waals surface area contributed by atoms with E-state index in [0.717, 1.165) is 27.7 Å². The molecular weight excluding hydrogens is 527 g/mol. The lowest BCUT2D eigenvalue weighted by Crippen LogP contribution is -2.42. The molecule has 0 aliphatic carbocycles. The van der Waals surface area contributed by atoms with E-state index in [1.807, 2.05) is 6.07 Å². The number of carbonyl (C=O) groups excluding carboxylic acids is 1.